The number of benzene rings is 1. The van der Waals surface area contributed by atoms with Crippen LogP contribution in [-0.4, -0.2) is 38.9 Å². The van der Waals surface area contributed by atoms with Crippen molar-refractivity contribution in [3.63, 3.8) is 0 Å². The Morgan fingerprint density at radius 3 is 2.44 bits per heavy atom. The Morgan fingerprint density at radius 1 is 1.33 bits per heavy atom. The fourth-order valence-corrected chi connectivity index (χ4v) is 1.76. The summed E-state index contributed by atoms with van der Waals surface area (Å²) in [6, 6.07) is 3.37. The third-order valence-electron chi connectivity index (χ3n) is 2.53. The zero-order valence-electron chi connectivity index (χ0n) is 10.6. The van der Waals surface area contributed by atoms with Gasteiger partial charge in [0.15, 0.2) is 0 Å². The maximum Gasteiger partial charge on any atom is 0.305 e. The highest BCUT2D eigenvalue weighted by atomic mass is 35.5. The van der Waals surface area contributed by atoms with Crippen molar-refractivity contribution in [2.75, 3.05) is 32.7 Å². The van der Waals surface area contributed by atoms with E-state index in [-0.39, 0.29) is 6.42 Å². The maximum atomic E-state index is 10.6. The van der Waals surface area contributed by atoms with Crippen LogP contribution in [0.4, 0.5) is 5.69 Å². The summed E-state index contributed by atoms with van der Waals surface area (Å²) in [7, 11) is 4.84. The molecule has 0 spiro atoms. The molecule has 0 bridgehead atoms. The first-order valence-corrected chi connectivity index (χ1v) is 5.71. The molecule has 1 rings (SSSR count). The molecule has 0 atom stereocenters. The molecule has 1 N–H and O–H groups in total. The summed E-state index contributed by atoms with van der Waals surface area (Å²) in [4.78, 5) is 12.3. The molecule has 0 saturated carbocycles. The minimum absolute atomic E-state index is 0.0462. The molecular weight excluding hydrogens is 258 g/mol. The number of nitrogens with zero attached hydrogens (tertiary/aromatic N) is 1. The molecule has 0 saturated heterocycles. The van der Waals surface area contributed by atoms with Crippen molar-refractivity contribution >= 4 is 23.3 Å². The highest BCUT2D eigenvalue weighted by molar-refractivity contribution is 6.32. The van der Waals surface area contributed by atoms with Crippen LogP contribution in [0, 0.1) is 0 Å². The third-order valence-corrected chi connectivity index (χ3v) is 2.82. The van der Waals surface area contributed by atoms with Gasteiger partial charge < -0.3 is 19.5 Å². The molecule has 0 aliphatic rings. The highest BCUT2D eigenvalue weighted by Crippen LogP contribution is 2.37. The standard InChI is InChI=1S/C12H16ClNO4/c1-14(5-4-12(15)16)9-7-10(17-2)8(13)6-11(9)18-3/h6-7H,4-5H2,1-3H3,(H,15,16). The lowest BCUT2D eigenvalue weighted by atomic mass is 10.2. The number of rotatable bonds is 6. The minimum Gasteiger partial charge on any atom is -0.495 e. The Kier molecular flexibility index (Phi) is 5.09. The van der Waals surface area contributed by atoms with Crippen LogP contribution < -0.4 is 14.4 Å². The van der Waals surface area contributed by atoms with Gasteiger partial charge in [-0.3, -0.25) is 4.79 Å². The predicted octanol–water partition coefficient (Wildman–Crippen LogP) is 2.27. The Labute approximate surface area is 111 Å². The monoisotopic (exact) mass is 273 g/mol. The van der Waals surface area contributed by atoms with Gasteiger partial charge in [0.1, 0.15) is 11.5 Å². The Hall–Kier alpha value is -1.62. The summed E-state index contributed by atoms with van der Waals surface area (Å²) >= 11 is 5.99. The Bertz CT molecular complexity index is 436. The summed E-state index contributed by atoms with van der Waals surface area (Å²) in [5.74, 6) is 0.255. The van der Waals surface area contributed by atoms with E-state index in [0.717, 1.165) is 5.69 Å². The third kappa shape index (κ3) is 3.43. The molecule has 0 amide bonds. The van der Waals surface area contributed by atoms with Gasteiger partial charge in [-0.15, -0.1) is 0 Å². The molecular formula is C12H16ClNO4. The van der Waals surface area contributed by atoms with Crippen LogP contribution in [0.1, 0.15) is 6.42 Å². The van der Waals surface area contributed by atoms with Crippen LogP contribution in [0.3, 0.4) is 0 Å². The number of carbonyl (C=O) groups is 1. The second kappa shape index (κ2) is 6.35. The lowest BCUT2D eigenvalue weighted by Crippen LogP contribution is -2.21. The van der Waals surface area contributed by atoms with E-state index in [9.17, 15) is 4.79 Å². The van der Waals surface area contributed by atoms with Crippen molar-refractivity contribution in [2.24, 2.45) is 0 Å². The first-order chi connectivity index (χ1) is 8.49. The quantitative estimate of drug-likeness (QED) is 0.862. The normalized spacial score (nSPS) is 10.0. The van der Waals surface area contributed by atoms with E-state index in [1.165, 1.54) is 14.2 Å². The van der Waals surface area contributed by atoms with Crippen LogP contribution in [0.2, 0.25) is 5.02 Å². The van der Waals surface area contributed by atoms with Gasteiger partial charge in [0.25, 0.3) is 0 Å². The van der Waals surface area contributed by atoms with Crippen LogP contribution in [-0.2, 0) is 4.79 Å². The van der Waals surface area contributed by atoms with Crippen molar-refractivity contribution in [3.05, 3.63) is 17.2 Å². The maximum absolute atomic E-state index is 10.6. The average molecular weight is 274 g/mol. The van der Waals surface area contributed by atoms with E-state index < -0.39 is 5.97 Å². The fraction of sp³-hybridized carbons (Fsp3) is 0.417. The molecule has 0 unspecified atom stereocenters. The second-order valence-corrected chi connectivity index (χ2v) is 4.13. The SMILES string of the molecule is COc1cc(N(C)CCC(=O)O)c(OC)cc1Cl. The van der Waals surface area contributed by atoms with Gasteiger partial charge in [-0.25, -0.2) is 0 Å². The molecule has 0 aliphatic carbocycles. The van der Waals surface area contributed by atoms with Crippen LogP contribution >= 0.6 is 11.6 Å². The number of hydrogen-bond acceptors (Lipinski definition) is 4. The zero-order chi connectivity index (χ0) is 13.7. The summed E-state index contributed by atoms with van der Waals surface area (Å²) < 4.78 is 10.4. The summed E-state index contributed by atoms with van der Waals surface area (Å²) in [5.41, 5.74) is 0.736. The van der Waals surface area contributed by atoms with E-state index in [0.29, 0.717) is 23.1 Å². The first-order valence-electron chi connectivity index (χ1n) is 5.34. The molecule has 0 radical (unpaired) electrons. The largest absolute Gasteiger partial charge is 0.495 e. The van der Waals surface area contributed by atoms with E-state index >= 15 is 0 Å². The van der Waals surface area contributed by atoms with E-state index in [2.05, 4.69) is 0 Å². The second-order valence-electron chi connectivity index (χ2n) is 3.72. The van der Waals surface area contributed by atoms with E-state index in [4.69, 9.17) is 26.2 Å². The van der Waals surface area contributed by atoms with E-state index in [1.54, 1.807) is 24.1 Å². The number of hydrogen-bond donors (Lipinski definition) is 1. The number of ether oxygens (including phenoxy) is 2. The van der Waals surface area contributed by atoms with Crippen molar-refractivity contribution < 1.29 is 19.4 Å². The van der Waals surface area contributed by atoms with Gasteiger partial charge in [0.05, 0.1) is 31.4 Å². The lowest BCUT2D eigenvalue weighted by Gasteiger charge is -2.22. The molecule has 100 valence electrons. The molecule has 0 fully saturated rings. The van der Waals surface area contributed by atoms with E-state index in [1.807, 2.05) is 0 Å². The van der Waals surface area contributed by atoms with Gasteiger partial charge in [0.2, 0.25) is 0 Å². The lowest BCUT2D eigenvalue weighted by molar-refractivity contribution is -0.136. The number of anilines is 1. The van der Waals surface area contributed by atoms with Gasteiger partial charge >= 0.3 is 5.97 Å². The van der Waals surface area contributed by atoms with Crippen molar-refractivity contribution in [2.45, 2.75) is 6.42 Å². The average Bonchev–Trinajstić information content (AvgIpc) is 2.35. The smallest absolute Gasteiger partial charge is 0.305 e. The Morgan fingerprint density at radius 2 is 1.94 bits per heavy atom. The molecule has 6 heteroatoms. The molecule has 1 aromatic carbocycles. The van der Waals surface area contributed by atoms with Crippen LogP contribution in [0.5, 0.6) is 11.5 Å². The van der Waals surface area contributed by atoms with Crippen molar-refractivity contribution in [1.82, 2.24) is 0 Å². The molecule has 18 heavy (non-hydrogen) atoms. The Balaban J connectivity index is 3.01. The number of aliphatic carboxylic acids is 1. The van der Waals surface area contributed by atoms with Gasteiger partial charge in [-0.1, -0.05) is 11.6 Å². The molecule has 0 heterocycles. The van der Waals surface area contributed by atoms with Crippen LogP contribution in [0.25, 0.3) is 0 Å². The molecule has 0 aromatic heterocycles. The number of carboxylic acid groups (broad SMARTS) is 1. The van der Waals surface area contributed by atoms with Crippen molar-refractivity contribution in [3.8, 4) is 11.5 Å². The summed E-state index contributed by atoms with van der Waals surface area (Å²) in [5, 5.41) is 9.13. The number of halogens is 1. The minimum atomic E-state index is -0.846. The van der Waals surface area contributed by atoms with Crippen LogP contribution in [0.15, 0.2) is 12.1 Å². The van der Waals surface area contributed by atoms with Gasteiger partial charge in [0, 0.05) is 25.7 Å². The fourth-order valence-electron chi connectivity index (χ4n) is 1.53. The molecule has 5 nitrogen and oxygen atoms in total. The number of carboxylic acids is 1. The number of methoxy groups -OCH3 is 2. The van der Waals surface area contributed by atoms with Gasteiger partial charge in [-0.05, 0) is 0 Å². The van der Waals surface area contributed by atoms with Crippen molar-refractivity contribution in [1.29, 1.82) is 0 Å². The van der Waals surface area contributed by atoms with Gasteiger partial charge in [-0.2, -0.15) is 0 Å². The summed E-state index contributed by atoms with van der Waals surface area (Å²) in [6.07, 6.45) is 0.0462. The predicted molar refractivity (Wildman–Crippen MR) is 70.1 cm³/mol. The first kappa shape index (κ1) is 14.4. The topological polar surface area (TPSA) is 59.0 Å². The highest BCUT2D eigenvalue weighted by Gasteiger charge is 2.14. The molecule has 0 aliphatic heterocycles. The molecule has 1 aromatic rings. The zero-order valence-corrected chi connectivity index (χ0v) is 11.3. The summed E-state index contributed by atoms with van der Waals surface area (Å²) in [6.45, 7) is 0.372.